The summed E-state index contributed by atoms with van der Waals surface area (Å²) in [5, 5.41) is 9.24. The Morgan fingerprint density at radius 3 is 3.24 bits per heavy atom. The number of H-pyrrole nitrogens is 1. The van der Waals surface area contributed by atoms with Gasteiger partial charge in [0.1, 0.15) is 0 Å². The van der Waals surface area contributed by atoms with E-state index in [0.717, 1.165) is 6.54 Å². The zero-order valence-electron chi connectivity index (χ0n) is 9.80. The van der Waals surface area contributed by atoms with Gasteiger partial charge in [0.25, 0.3) is 0 Å². The van der Waals surface area contributed by atoms with Crippen LogP contribution in [0.1, 0.15) is 23.4 Å². The van der Waals surface area contributed by atoms with Crippen LogP contribution in [0.15, 0.2) is 29.8 Å². The molecule has 3 rings (SSSR count). The number of aromatic amines is 1. The molecule has 2 aromatic heterocycles. The number of nitrogens with one attached hydrogen (secondary N) is 1. The Balaban J connectivity index is 1.63. The fourth-order valence-electron chi connectivity index (χ4n) is 2.59. The molecular weight excluding hydrogens is 230 g/mol. The quantitative estimate of drug-likeness (QED) is 0.900. The minimum absolute atomic E-state index is 0.706. The van der Waals surface area contributed by atoms with E-state index < -0.39 is 0 Å². The van der Waals surface area contributed by atoms with Gasteiger partial charge < -0.3 is 0 Å². The van der Waals surface area contributed by atoms with Gasteiger partial charge in [-0.05, 0) is 43.3 Å². The molecule has 90 valence electrons. The molecule has 0 saturated carbocycles. The number of likely N-dealkylation sites (tertiary alicyclic amines) is 1. The predicted molar refractivity (Wildman–Crippen MR) is 70.0 cm³/mol. The van der Waals surface area contributed by atoms with Crippen molar-refractivity contribution in [2.75, 3.05) is 6.54 Å². The Morgan fingerprint density at radius 1 is 1.47 bits per heavy atom. The summed E-state index contributed by atoms with van der Waals surface area (Å²) in [6, 6.07) is 7.17. The van der Waals surface area contributed by atoms with Crippen molar-refractivity contribution in [3.8, 4) is 0 Å². The van der Waals surface area contributed by atoms with Crippen LogP contribution in [-0.2, 0) is 13.0 Å². The van der Waals surface area contributed by atoms with Gasteiger partial charge in [0.15, 0.2) is 0 Å². The summed E-state index contributed by atoms with van der Waals surface area (Å²) >= 11 is 1.87. The van der Waals surface area contributed by atoms with E-state index in [0.29, 0.717) is 6.04 Å². The normalized spacial score (nSPS) is 21.1. The molecule has 1 aliphatic heterocycles. The monoisotopic (exact) mass is 247 g/mol. The lowest BCUT2D eigenvalue weighted by Gasteiger charge is -2.23. The van der Waals surface area contributed by atoms with Gasteiger partial charge in [0.2, 0.25) is 0 Å². The van der Waals surface area contributed by atoms with Gasteiger partial charge in [0, 0.05) is 29.4 Å². The molecule has 4 heteroatoms. The Labute approximate surface area is 105 Å². The molecule has 1 N–H and O–H groups in total. The minimum Gasteiger partial charge on any atom is -0.294 e. The van der Waals surface area contributed by atoms with E-state index >= 15 is 0 Å². The molecule has 2 aromatic rings. The summed E-state index contributed by atoms with van der Waals surface area (Å²) in [6.45, 7) is 2.23. The molecule has 17 heavy (non-hydrogen) atoms. The fourth-order valence-corrected chi connectivity index (χ4v) is 3.36. The molecule has 0 radical (unpaired) electrons. The van der Waals surface area contributed by atoms with Crippen molar-refractivity contribution in [1.82, 2.24) is 15.1 Å². The van der Waals surface area contributed by atoms with E-state index in [9.17, 15) is 0 Å². The second-order valence-electron chi connectivity index (χ2n) is 4.63. The third-order valence-electron chi connectivity index (χ3n) is 3.45. The lowest BCUT2D eigenvalue weighted by molar-refractivity contribution is 0.242. The maximum absolute atomic E-state index is 4.02. The second kappa shape index (κ2) is 5.02. The lowest BCUT2D eigenvalue weighted by Crippen LogP contribution is -2.30. The van der Waals surface area contributed by atoms with E-state index in [-0.39, 0.29) is 0 Å². The van der Waals surface area contributed by atoms with Gasteiger partial charge in [-0.2, -0.15) is 5.10 Å². The first kappa shape index (κ1) is 11.0. The second-order valence-corrected chi connectivity index (χ2v) is 5.66. The minimum atomic E-state index is 0.706. The molecular formula is C13H17N3S. The largest absolute Gasteiger partial charge is 0.294 e. The number of aromatic nitrogens is 2. The number of hydrogen-bond acceptors (Lipinski definition) is 3. The molecule has 1 saturated heterocycles. The summed E-state index contributed by atoms with van der Waals surface area (Å²) in [5.41, 5.74) is 1.23. The summed E-state index contributed by atoms with van der Waals surface area (Å²) < 4.78 is 0. The molecule has 0 spiro atoms. The van der Waals surface area contributed by atoms with E-state index in [1.165, 1.54) is 36.4 Å². The van der Waals surface area contributed by atoms with Crippen molar-refractivity contribution >= 4 is 11.3 Å². The van der Waals surface area contributed by atoms with Crippen LogP contribution in [0.25, 0.3) is 0 Å². The van der Waals surface area contributed by atoms with E-state index in [1.807, 2.05) is 17.5 Å². The highest BCUT2D eigenvalue weighted by Crippen LogP contribution is 2.24. The maximum Gasteiger partial charge on any atom is 0.0492 e. The first-order chi connectivity index (χ1) is 8.42. The number of hydrogen-bond donors (Lipinski definition) is 1. The van der Waals surface area contributed by atoms with Gasteiger partial charge in [-0.1, -0.05) is 6.07 Å². The van der Waals surface area contributed by atoms with Crippen LogP contribution in [0.5, 0.6) is 0 Å². The number of nitrogens with zero attached hydrogens (tertiary/aromatic N) is 2. The zero-order chi connectivity index (χ0) is 11.5. The van der Waals surface area contributed by atoms with Crippen LogP contribution < -0.4 is 0 Å². The van der Waals surface area contributed by atoms with E-state index in [1.54, 1.807) is 0 Å². The molecule has 1 aliphatic rings. The van der Waals surface area contributed by atoms with Crippen molar-refractivity contribution in [3.05, 3.63) is 40.3 Å². The third-order valence-corrected chi connectivity index (χ3v) is 4.35. The van der Waals surface area contributed by atoms with Crippen LogP contribution >= 0.6 is 11.3 Å². The van der Waals surface area contributed by atoms with Crippen LogP contribution in [0, 0.1) is 0 Å². The first-order valence-corrected chi connectivity index (χ1v) is 7.04. The molecule has 0 aromatic carbocycles. The molecule has 0 aliphatic carbocycles. The Hall–Kier alpha value is -1.13. The van der Waals surface area contributed by atoms with Gasteiger partial charge in [0.05, 0.1) is 0 Å². The van der Waals surface area contributed by atoms with Gasteiger partial charge in [-0.3, -0.25) is 10.00 Å². The van der Waals surface area contributed by atoms with Crippen molar-refractivity contribution in [2.24, 2.45) is 0 Å². The van der Waals surface area contributed by atoms with Gasteiger partial charge >= 0.3 is 0 Å². The lowest BCUT2D eigenvalue weighted by atomic mass is 10.1. The molecule has 1 fully saturated rings. The van der Waals surface area contributed by atoms with Crippen LogP contribution in [0.4, 0.5) is 0 Å². The summed E-state index contributed by atoms with van der Waals surface area (Å²) in [7, 11) is 0. The van der Waals surface area contributed by atoms with Crippen molar-refractivity contribution < 1.29 is 0 Å². The average molecular weight is 247 g/mol. The van der Waals surface area contributed by atoms with Crippen molar-refractivity contribution in [2.45, 2.75) is 31.8 Å². The molecule has 0 amide bonds. The topological polar surface area (TPSA) is 31.9 Å². The van der Waals surface area contributed by atoms with Crippen LogP contribution in [-0.4, -0.2) is 27.7 Å². The fraction of sp³-hybridized carbons (Fsp3) is 0.462. The molecule has 3 heterocycles. The zero-order valence-corrected chi connectivity index (χ0v) is 10.6. The number of rotatable bonds is 4. The number of thiophene rings is 1. The van der Waals surface area contributed by atoms with Crippen LogP contribution in [0.3, 0.4) is 0 Å². The summed E-state index contributed by atoms with van der Waals surface area (Å²) in [5.74, 6) is 0. The predicted octanol–water partition coefficient (Wildman–Crippen LogP) is 2.68. The highest BCUT2D eigenvalue weighted by Gasteiger charge is 2.25. The summed E-state index contributed by atoms with van der Waals surface area (Å²) in [6.07, 6.45) is 5.68. The van der Waals surface area contributed by atoms with Crippen molar-refractivity contribution in [1.29, 1.82) is 0 Å². The Bertz CT molecular complexity index is 393. The molecule has 3 nitrogen and oxygen atoms in total. The van der Waals surface area contributed by atoms with E-state index in [4.69, 9.17) is 0 Å². The Kier molecular flexibility index (Phi) is 3.25. The smallest absolute Gasteiger partial charge is 0.0492 e. The average Bonchev–Trinajstić information content (AvgIpc) is 3.04. The molecule has 1 atom stereocenters. The van der Waals surface area contributed by atoms with E-state index in [2.05, 4.69) is 38.7 Å². The molecule has 0 unspecified atom stereocenters. The maximum atomic E-state index is 4.02. The summed E-state index contributed by atoms with van der Waals surface area (Å²) in [4.78, 5) is 4.08. The molecule has 0 bridgehead atoms. The highest BCUT2D eigenvalue weighted by molar-refractivity contribution is 7.09. The standard InChI is InChI=1S/C13H17N3S/c1-3-12(9-13-4-2-8-17-13)16(7-1)10-11-5-6-14-15-11/h2,4-6,8,12H,1,3,7,9-10H2,(H,14,15)/t12-/m0/s1. The SMILES string of the molecule is c1csc(C[C@@H]2CCCN2Cc2ccn[nH]2)c1. The van der Waals surface area contributed by atoms with Gasteiger partial charge in [-0.15, -0.1) is 11.3 Å². The van der Waals surface area contributed by atoms with Crippen molar-refractivity contribution in [3.63, 3.8) is 0 Å². The first-order valence-electron chi connectivity index (χ1n) is 6.16. The Morgan fingerprint density at radius 2 is 2.47 bits per heavy atom. The van der Waals surface area contributed by atoms with Gasteiger partial charge in [-0.25, -0.2) is 0 Å². The highest BCUT2D eigenvalue weighted by atomic mass is 32.1. The van der Waals surface area contributed by atoms with Crippen LogP contribution in [0.2, 0.25) is 0 Å². The third kappa shape index (κ3) is 2.58.